The van der Waals surface area contributed by atoms with Gasteiger partial charge in [-0.2, -0.15) is 0 Å². The zero-order chi connectivity index (χ0) is 43.3. The van der Waals surface area contributed by atoms with Gasteiger partial charge in [-0.1, -0.05) is 127 Å². The smallest absolute Gasteiger partial charge is 0.208 e. The van der Waals surface area contributed by atoms with Crippen molar-refractivity contribution in [2.45, 2.75) is 0 Å². The number of phenolic OH excluding ortho intramolecular Hbond substituents is 11. The fourth-order valence-electron chi connectivity index (χ4n) is 8.66. The van der Waals surface area contributed by atoms with Gasteiger partial charge in [0.2, 0.25) is 34.5 Å². The lowest BCUT2D eigenvalue weighted by atomic mass is 9.82. The fourth-order valence-corrected chi connectivity index (χ4v) is 8.66. The van der Waals surface area contributed by atoms with Gasteiger partial charge in [0.15, 0.2) is 34.2 Å². The van der Waals surface area contributed by atoms with Crippen LogP contribution in [0.5, 0.6) is 63.2 Å². The van der Waals surface area contributed by atoms with Crippen LogP contribution in [0.3, 0.4) is 0 Å². The second-order valence-electron chi connectivity index (χ2n) is 14.8. The molecule has 0 fully saturated rings. The van der Waals surface area contributed by atoms with E-state index in [1.807, 2.05) is 78.9 Å². The van der Waals surface area contributed by atoms with Gasteiger partial charge < -0.3 is 60.6 Å². The topological polar surface area (TPSA) is 236 Å². The van der Waals surface area contributed by atoms with Crippen LogP contribution in [0.2, 0.25) is 0 Å². The summed E-state index contributed by atoms with van der Waals surface area (Å²) in [7, 11) is 0. The second-order valence-corrected chi connectivity index (χ2v) is 14.8. The number of fused-ring (bicyclic) bond motifs is 5. The van der Waals surface area contributed by atoms with E-state index < -0.39 is 90.9 Å². The Hall–Kier alpha value is -8.90. The Morgan fingerprint density at radius 2 is 0.613 bits per heavy atom. The van der Waals surface area contributed by atoms with Crippen LogP contribution in [0.15, 0.2) is 132 Å². The van der Waals surface area contributed by atoms with Crippen LogP contribution < -0.4 is 0 Å². The molecule has 0 atom stereocenters. The van der Waals surface area contributed by atoms with E-state index in [0.717, 1.165) is 33.4 Å². The molecule has 0 amide bonds. The summed E-state index contributed by atoms with van der Waals surface area (Å²) in [5.74, 6) is -12.9. The number of rotatable bonds is 5. The first-order valence-electron chi connectivity index (χ1n) is 19.1. The second kappa shape index (κ2) is 13.6. The van der Waals surface area contributed by atoms with Crippen LogP contribution >= 0.6 is 0 Å². The van der Waals surface area contributed by atoms with Gasteiger partial charge in [-0.25, -0.2) is 0 Å². The average Bonchev–Trinajstić information content (AvgIpc) is 3.71. The number of phenols is 11. The first-order chi connectivity index (χ1) is 29.9. The SMILES string of the molecule is Oc1c(O)c(O)c(-c2c(O)c(O)c3oc4c(O)c(O)c(O)c(-c5c6ccccc6c(-c6ccccc6-c6ccc(-c7ccccc7)cc6)c6ccccc56)c4c3c2O)c(O)c1O. The monoisotopic (exact) mass is 824 g/mol. The number of hydrogen-bond acceptors (Lipinski definition) is 12. The van der Waals surface area contributed by atoms with E-state index in [9.17, 15) is 56.2 Å². The summed E-state index contributed by atoms with van der Waals surface area (Å²) in [5, 5.41) is 123. The van der Waals surface area contributed by atoms with Gasteiger partial charge in [-0.15, -0.1) is 0 Å². The molecule has 12 nitrogen and oxygen atoms in total. The van der Waals surface area contributed by atoms with Crippen molar-refractivity contribution in [2.75, 3.05) is 0 Å². The Bertz CT molecular complexity index is 3430. The first-order valence-corrected chi connectivity index (χ1v) is 19.1. The molecule has 0 radical (unpaired) electrons. The van der Waals surface area contributed by atoms with Gasteiger partial charge in [0.25, 0.3) is 0 Å². The number of benzene rings is 9. The summed E-state index contributed by atoms with van der Waals surface area (Å²) in [6, 6.07) is 40.8. The summed E-state index contributed by atoms with van der Waals surface area (Å²) in [4.78, 5) is 0. The maximum atomic E-state index is 12.1. The van der Waals surface area contributed by atoms with Crippen molar-refractivity contribution in [1.82, 2.24) is 0 Å². The van der Waals surface area contributed by atoms with Gasteiger partial charge in [0.05, 0.1) is 16.5 Å². The highest BCUT2D eigenvalue weighted by molar-refractivity contribution is 6.29. The minimum Gasteiger partial charge on any atom is -0.506 e. The molecule has 10 aromatic rings. The standard InChI is InChI=1S/C50H32O12/c51-38-35(36-40(53)43(56)46(59)44(57)41(36)54)42(55)47(60)50-37(38)34-33(39(52)45(58)48(61)49(34)62-50)32-29-16-8-6-14-27(29)31(28-15-7-9-17-30(28)32)26-13-5-4-12-25(26)24-20-18-23(19-21-24)22-10-2-1-3-11-22/h1-21,51-61H. The van der Waals surface area contributed by atoms with Crippen molar-refractivity contribution >= 4 is 43.5 Å². The third-order valence-corrected chi connectivity index (χ3v) is 11.5. The van der Waals surface area contributed by atoms with Crippen molar-refractivity contribution in [3.63, 3.8) is 0 Å². The fraction of sp³-hybridized carbons (Fsp3) is 0. The molecule has 62 heavy (non-hydrogen) atoms. The van der Waals surface area contributed by atoms with E-state index in [1.54, 1.807) is 24.3 Å². The molecule has 11 N–H and O–H groups in total. The molecule has 12 heteroatoms. The van der Waals surface area contributed by atoms with Crippen LogP contribution in [0.4, 0.5) is 0 Å². The molecule has 1 aromatic heterocycles. The lowest BCUT2D eigenvalue weighted by Crippen LogP contribution is -1.94. The number of aromatic hydroxyl groups is 11. The lowest BCUT2D eigenvalue weighted by Gasteiger charge is -2.21. The molecule has 0 saturated heterocycles. The van der Waals surface area contributed by atoms with E-state index in [4.69, 9.17) is 4.42 Å². The van der Waals surface area contributed by atoms with E-state index in [1.165, 1.54) is 0 Å². The molecular weight excluding hydrogens is 793 g/mol. The maximum absolute atomic E-state index is 12.1. The highest BCUT2D eigenvalue weighted by Gasteiger charge is 2.36. The number of furan rings is 1. The molecule has 9 aromatic carbocycles. The molecule has 0 unspecified atom stereocenters. The van der Waals surface area contributed by atoms with Crippen LogP contribution in [-0.4, -0.2) is 56.2 Å². The third-order valence-electron chi connectivity index (χ3n) is 11.5. The van der Waals surface area contributed by atoms with E-state index in [-0.39, 0.29) is 16.5 Å². The summed E-state index contributed by atoms with van der Waals surface area (Å²) in [5.41, 5.74) is 2.60. The largest absolute Gasteiger partial charge is 0.506 e. The van der Waals surface area contributed by atoms with Crippen LogP contribution in [0.25, 0.3) is 99.1 Å². The Kier molecular flexibility index (Phi) is 8.18. The lowest BCUT2D eigenvalue weighted by molar-refractivity contribution is 0.329. The van der Waals surface area contributed by atoms with E-state index in [2.05, 4.69) is 24.3 Å². The molecule has 0 aliphatic rings. The minimum absolute atomic E-state index is 0.200. The summed E-state index contributed by atoms with van der Waals surface area (Å²) in [6.07, 6.45) is 0. The Labute approximate surface area is 349 Å². The average molecular weight is 825 g/mol. The predicted molar refractivity (Wildman–Crippen MR) is 234 cm³/mol. The van der Waals surface area contributed by atoms with E-state index in [0.29, 0.717) is 21.5 Å². The normalized spacial score (nSPS) is 11.6. The van der Waals surface area contributed by atoms with Gasteiger partial charge in [0, 0.05) is 16.5 Å². The highest BCUT2D eigenvalue weighted by atomic mass is 16.4. The third kappa shape index (κ3) is 5.13. The molecule has 0 aliphatic heterocycles. The molecule has 0 spiro atoms. The van der Waals surface area contributed by atoms with Gasteiger partial charge in [-0.05, 0) is 54.9 Å². The summed E-state index contributed by atoms with van der Waals surface area (Å²) >= 11 is 0. The first kappa shape index (κ1) is 37.4. The van der Waals surface area contributed by atoms with Crippen LogP contribution in [0.1, 0.15) is 0 Å². The molecular formula is C50H32O12. The summed E-state index contributed by atoms with van der Waals surface area (Å²) < 4.78 is 5.86. The Morgan fingerprint density at radius 3 is 1.19 bits per heavy atom. The molecule has 0 aliphatic carbocycles. The van der Waals surface area contributed by atoms with E-state index >= 15 is 0 Å². The van der Waals surface area contributed by atoms with Crippen molar-refractivity contribution < 1.29 is 60.6 Å². The minimum atomic E-state index is -1.34. The molecule has 1 heterocycles. The molecule has 10 rings (SSSR count). The van der Waals surface area contributed by atoms with Gasteiger partial charge in [0.1, 0.15) is 5.75 Å². The van der Waals surface area contributed by atoms with Crippen LogP contribution in [-0.2, 0) is 0 Å². The molecule has 0 saturated carbocycles. The van der Waals surface area contributed by atoms with Crippen LogP contribution in [0, 0.1) is 0 Å². The maximum Gasteiger partial charge on any atom is 0.208 e. The molecule has 304 valence electrons. The quantitative estimate of drug-likeness (QED) is 0.0442. The van der Waals surface area contributed by atoms with Gasteiger partial charge >= 0.3 is 0 Å². The van der Waals surface area contributed by atoms with Crippen molar-refractivity contribution in [1.29, 1.82) is 0 Å². The Balaban J connectivity index is 1.31. The highest BCUT2D eigenvalue weighted by Crippen LogP contribution is 2.64. The zero-order valence-corrected chi connectivity index (χ0v) is 32.0. The number of hydrogen-bond donors (Lipinski definition) is 11. The zero-order valence-electron chi connectivity index (χ0n) is 32.0. The van der Waals surface area contributed by atoms with Crippen molar-refractivity contribution in [3.05, 3.63) is 127 Å². The van der Waals surface area contributed by atoms with Gasteiger partial charge in [-0.3, -0.25) is 0 Å². The van der Waals surface area contributed by atoms with Crippen molar-refractivity contribution in [3.8, 4) is 119 Å². The Morgan fingerprint density at radius 1 is 0.242 bits per heavy atom. The predicted octanol–water partition coefficient (Wildman–Crippen LogP) is 11.0. The summed E-state index contributed by atoms with van der Waals surface area (Å²) in [6.45, 7) is 0. The van der Waals surface area contributed by atoms with Crippen molar-refractivity contribution in [2.24, 2.45) is 0 Å². The molecule has 0 bridgehead atoms.